The Morgan fingerprint density at radius 3 is 2.38 bits per heavy atom. The van der Waals surface area contributed by atoms with E-state index in [0.29, 0.717) is 32.5 Å². The lowest BCUT2D eigenvalue weighted by molar-refractivity contribution is -0.166. The molecule has 5 rings (SSSR count). The number of carbonyl (C=O) groups is 2. The van der Waals surface area contributed by atoms with E-state index in [2.05, 4.69) is 58.5 Å². The summed E-state index contributed by atoms with van der Waals surface area (Å²) >= 11 is 0. The topological polar surface area (TPSA) is 102 Å². The van der Waals surface area contributed by atoms with Gasteiger partial charge < -0.3 is 15.3 Å². The van der Waals surface area contributed by atoms with Crippen LogP contribution in [0.3, 0.4) is 0 Å². The number of nitrogens with one attached hydrogen (secondary N) is 2. The van der Waals surface area contributed by atoms with Crippen LogP contribution >= 0.6 is 0 Å². The molecule has 1 aromatic carbocycles. The second-order valence-corrected chi connectivity index (χ2v) is 11.9. The van der Waals surface area contributed by atoms with Gasteiger partial charge in [-0.3, -0.25) is 19.6 Å². The first-order valence-corrected chi connectivity index (χ1v) is 15.0. The molecule has 3 N–H and O–H groups in total. The highest BCUT2D eigenvalue weighted by Gasteiger charge is 2.55. The van der Waals surface area contributed by atoms with E-state index in [1.165, 1.54) is 17.5 Å². The van der Waals surface area contributed by atoms with Crippen LogP contribution in [0.15, 0.2) is 30.3 Å². The summed E-state index contributed by atoms with van der Waals surface area (Å²) in [7, 11) is 0. The van der Waals surface area contributed by atoms with Gasteiger partial charge in [0.2, 0.25) is 11.8 Å². The molecule has 2 saturated heterocycles. The summed E-state index contributed by atoms with van der Waals surface area (Å²) < 4.78 is 0. The molecule has 3 fully saturated rings. The average molecular weight is 536 g/mol. The highest BCUT2D eigenvalue weighted by molar-refractivity contribution is 6.00. The Kier molecular flexibility index (Phi) is 8.43. The number of nitrogens with zero attached hydrogens (tertiary/aromatic N) is 3. The summed E-state index contributed by atoms with van der Waals surface area (Å²) in [5, 5.41) is 21.9. The van der Waals surface area contributed by atoms with Gasteiger partial charge in [0.05, 0.1) is 17.8 Å². The molecule has 39 heavy (non-hydrogen) atoms. The molecule has 1 unspecified atom stereocenters. The molecule has 8 nitrogen and oxygen atoms in total. The monoisotopic (exact) mass is 535 g/mol. The van der Waals surface area contributed by atoms with Crippen molar-refractivity contribution in [2.24, 2.45) is 5.92 Å². The fourth-order valence-electron chi connectivity index (χ4n) is 7.27. The van der Waals surface area contributed by atoms with Gasteiger partial charge in [-0.15, -0.1) is 0 Å². The Morgan fingerprint density at radius 1 is 1.08 bits per heavy atom. The molecule has 1 spiro atoms. The average Bonchev–Trinajstić information content (AvgIpc) is 3.30. The van der Waals surface area contributed by atoms with Crippen molar-refractivity contribution in [3.63, 3.8) is 0 Å². The molecule has 1 aliphatic carbocycles. The summed E-state index contributed by atoms with van der Waals surface area (Å²) in [5.74, 6) is -0.120. The van der Waals surface area contributed by atoms with Crippen LogP contribution in [-0.4, -0.2) is 74.2 Å². The van der Waals surface area contributed by atoms with Gasteiger partial charge in [-0.1, -0.05) is 62.9 Å². The highest BCUT2D eigenvalue weighted by Crippen LogP contribution is 2.40. The van der Waals surface area contributed by atoms with Crippen LogP contribution in [0.2, 0.25) is 0 Å². The third-order valence-electron chi connectivity index (χ3n) is 9.53. The van der Waals surface area contributed by atoms with Gasteiger partial charge in [0.25, 0.3) is 0 Å². The molecular formula is C31H45N5O3. The fraction of sp³-hybridized carbons (Fsp3) is 0.645. The van der Waals surface area contributed by atoms with Crippen molar-refractivity contribution >= 4 is 11.8 Å². The Bertz CT molecular complexity index is 1110. The van der Waals surface area contributed by atoms with Gasteiger partial charge in [-0.05, 0) is 57.4 Å². The lowest BCUT2D eigenvalue weighted by Gasteiger charge is -2.53. The van der Waals surface area contributed by atoms with Crippen LogP contribution < -0.4 is 5.32 Å². The van der Waals surface area contributed by atoms with E-state index in [1.807, 2.05) is 17.9 Å². The minimum absolute atomic E-state index is 0.0228. The maximum absolute atomic E-state index is 14.0. The number of amides is 2. The first kappa shape index (κ1) is 27.8. The number of aliphatic hydroxyl groups is 1. The lowest BCUT2D eigenvalue weighted by Crippen LogP contribution is -2.75. The van der Waals surface area contributed by atoms with Gasteiger partial charge in [-0.25, -0.2) is 0 Å². The number of carbonyl (C=O) groups excluding carboxylic acids is 2. The zero-order chi connectivity index (χ0) is 27.6. The van der Waals surface area contributed by atoms with Gasteiger partial charge in [0, 0.05) is 30.9 Å². The third-order valence-corrected chi connectivity index (χ3v) is 9.53. The number of H-pyrrole nitrogens is 1. The van der Waals surface area contributed by atoms with Crippen molar-refractivity contribution in [3.8, 4) is 0 Å². The summed E-state index contributed by atoms with van der Waals surface area (Å²) in [6.45, 7) is 8.13. The number of likely N-dealkylation sites (tertiary alicyclic amines) is 1. The van der Waals surface area contributed by atoms with Crippen molar-refractivity contribution < 1.29 is 14.7 Å². The first-order chi connectivity index (χ1) is 18.9. The summed E-state index contributed by atoms with van der Waals surface area (Å²) in [4.78, 5) is 32.2. The molecule has 2 aromatic rings. The van der Waals surface area contributed by atoms with E-state index in [1.54, 1.807) is 0 Å². The summed E-state index contributed by atoms with van der Waals surface area (Å²) in [6, 6.07) is 9.66. The van der Waals surface area contributed by atoms with Crippen molar-refractivity contribution in [2.45, 2.75) is 102 Å². The zero-order valence-electron chi connectivity index (χ0n) is 23.8. The van der Waals surface area contributed by atoms with E-state index >= 15 is 0 Å². The largest absolute Gasteiger partial charge is 0.390 e. The van der Waals surface area contributed by atoms with E-state index in [0.717, 1.165) is 49.9 Å². The quantitative estimate of drug-likeness (QED) is 0.474. The predicted octanol–water partition coefficient (Wildman–Crippen LogP) is 4.02. The van der Waals surface area contributed by atoms with Crippen LogP contribution in [0.5, 0.6) is 0 Å². The van der Waals surface area contributed by atoms with Gasteiger partial charge in [0.15, 0.2) is 0 Å². The molecule has 8 heteroatoms. The second kappa shape index (κ2) is 11.8. The fourth-order valence-corrected chi connectivity index (χ4v) is 7.27. The number of benzene rings is 1. The number of aromatic nitrogens is 2. The van der Waals surface area contributed by atoms with Crippen molar-refractivity contribution in [1.29, 1.82) is 0 Å². The van der Waals surface area contributed by atoms with Crippen LogP contribution in [0.25, 0.3) is 0 Å². The highest BCUT2D eigenvalue weighted by atomic mass is 16.3. The van der Waals surface area contributed by atoms with Crippen molar-refractivity contribution in [1.82, 2.24) is 25.3 Å². The van der Waals surface area contributed by atoms with E-state index < -0.39 is 17.7 Å². The Hall–Kier alpha value is -2.71. The molecule has 1 aromatic heterocycles. The van der Waals surface area contributed by atoms with Crippen LogP contribution in [0, 0.1) is 19.8 Å². The second-order valence-electron chi connectivity index (χ2n) is 11.9. The van der Waals surface area contributed by atoms with Crippen molar-refractivity contribution in [3.05, 3.63) is 52.8 Å². The molecule has 0 bridgehead atoms. The number of aliphatic hydroxyl groups excluding tert-OH is 1. The summed E-state index contributed by atoms with van der Waals surface area (Å²) in [5.41, 5.74) is 3.55. The lowest BCUT2D eigenvalue weighted by atomic mass is 9.77. The number of unbranched alkanes of at least 4 members (excludes halogenated alkanes) is 1. The SMILES string of the molecule is CCCCN1C(=O)[C@@H]([C@@H](O)C2CCCCC2)NC(=O)C12CCN(C(c1ccccc1)c1c(C)n[nH]c1C)CC2. The number of piperazine rings is 1. The van der Waals surface area contributed by atoms with E-state index in [4.69, 9.17) is 0 Å². The third kappa shape index (κ3) is 5.25. The number of hydrogen-bond donors (Lipinski definition) is 3. The number of aryl methyl sites for hydroxylation is 2. The van der Waals surface area contributed by atoms with Gasteiger partial charge >= 0.3 is 0 Å². The van der Waals surface area contributed by atoms with Crippen LogP contribution in [0.1, 0.15) is 93.3 Å². The normalized spacial score (nSPS) is 24.1. The summed E-state index contributed by atoms with van der Waals surface area (Å²) in [6.07, 6.45) is 7.28. The predicted molar refractivity (Wildman–Crippen MR) is 151 cm³/mol. The first-order valence-electron chi connectivity index (χ1n) is 15.0. The van der Waals surface area contributed by atoms with E-state index in [-0.39, 0.29) is 23.8 Å². The number of rotatable bonds is 8. The standard InChI is InChI=1S/C31H45N5O3/c1-4-5-18-36-29(38)26(28(37)24-14-10-7-11-15-24)32-30(39)31(36)16-19-35(20-17-31)27(23-12-8-6-9-13-23)25-21(2)33-34-22(25)3/h6,8-9,12-13,24,26-28,37H,4-5,7,10-11,14-20H2,1-3H3,(H,32,39)(H,33,34)/t26-,27?,28+/m1/s1. The number of piperidine rings is 1. The Balaban J connectivity index is 1.40. The van der Waals surface area contributed by atoms with Crippen LogP contribution in [-0.2, 0) is 9.59 Å². The van der Waals surface area contributed by atoms with E-state index in [9.17, 15) is 14.7 Å². The number of aromatic amines is 1. The molecule has 2 amide bonds. The molecular weight excluding hydrogens is 490 g/mol. The van der Waals surface area contributed by atoms with Crippen LogP contribution in [0.4, 0.5) is 0 Å². The molecule has 3 heterocycles. The number of hydrogen-bond acceptors (Lipinski definition) is 5. The minimum atomic E-state index is -0.868. The Morgan fingerprint density at radius 2 is 1.77 bits per heavy atom. The molecule has 3 aliphatic rings. The molecule has 3 atom stereocenters. The Labute approximate surface area is 232 Å². The van der Waals surface area contributed by atoms with Gasteiger partial charge in [-0.2, -0.15) is 5.10 Å². The molecule has 2 aliphatic heterocycles. The van der Waals surface area contributed by atoms with Crippen molar-refractivity contribution in [2.75, 3.05) is 19.6 Å². The molecule has 212 valence electrons. The smallest absolute Gasteiger partial charge is 0.248 e. The minimum Gasteiger partial charge on any atom is -0.390 e. The molecule has 0 radical (unpaired) electrons. The van der Waals surface area contributed by atoms with Gasteiger partial charge in [0.1, 0.15) is 11.6 Å². The zero-order valence-corrected chi connectivity index (χ0v) is 23.8. The molecule has 1 saturated carbocycles. The maximum atomic E-state index is 14.0. The maximum Gasteiger partial charge on any atom is 0.248 e.